The maximum atomic E-state index is 11.7. The van der Waals surface area contributed by atoms with Crippen molar-refractivity contribution in [1.82, 2.24) is 5.32 Å². The molecule has 24 heavy (non-hydrogen) atoms. The van der Waals surface area contributed by atoms with Crippen LogP contribution in [0.25, 0.3) is 0 Å². The molecule has 0 saturated heterocycles. The molecule has 0 aliphatic carbocycles. The van der Waals surface area contributed by atoms with E-state index < -0.39 is 11.7 Å². The van der Waals surface area contributed by atoms with Crippen LogP contribution in [0.4, 0.5) is 10.5 Å². The zero-order chi connectivity index (χ0) is 17.7. The highest BCUT2D eigenvalue weighted by atomic mass is 79.9. The summed E-state index contributed by atoms with van der Waals surface area (Å²) in [5, 5.41) is 8.31. The molecule has 1 atom stereocenters. The normalized spacial score (nSPS) is 12.7. The molecule has 1 heterocycles. The molecule has 2 rings (SSSR count). The molecule has 2 aromatic rings. The number of nitrogens with one attached hydrogen (secondary N) is 2. The summed E-state index contributed by atoms with van der Waals surface area (Å²) in [7, 11) is 0. The van der Waals surface area contributed by atoms with Crippen LogP contribution in [0, 0.1) is 0 Å². The molecule has 1 aromatic carbocycles. The quantitative estimate of drug-likeness (QED) is 0.663. The van der Waals surface area contributed by atoms with Gasteiger partial charge in [0.1, 0.15) is 5.60 Å². The van der Waals surface area contributed by atoms with E-state index in [1.54, 1.807) is 11.3 Å². The van der Waals surface area contributed by atoms with E-state index in [2.05, 4.69) is 44.9 Å². The van der Waals surface area contributed by atoms with E-state index in [0.717, 1.165) is 22.3 Å². The van der Waals surface area contributed by atoms with Crippen molar-refractivity contribution in [1.29, 1.82) is 0 Å². The molecule has 0 saturated carbocycles. The largest absolute Gasteiger partial charge is 0.444 e. The van der Waals surface area contributed by atoms with Gasteiger partial charge in [0.15, 0.2) is 0 Å². The average Bonchev–Trinajstić information content (AvgIpc) is 2.90. The van der Waals surface area contributed by atoms with Gasteiger partial charge in [0.25, 0.3) is 0 Å². The highest BCUT2D eigenvalue weighted by Gasteiger charge is 2.16. The highest BCUT2D eigenvalue weighted by molar-refractivity contribution is 9.10. The summed E-state index contributed by atoms with van der Waals surface area (Å²) >= 11 is 5.30. The fourth-order valence-electron chi connectivity index (χ4n) is 2.11. The molecule has 0 aliphatic heterocycles. The van der Waals surface area contributed by atoms with Crippen molar-refractivity contribution >= 4 is 39.0 Å². The van der Waals surface area contributed by atoms with E-state index in [-0.39, 0.29) is 6.04 Å². The number of anilines is 1. The van der Waals surface area contributed by atoms with E-state index >= 15 is 0 Å². The Labute approximate surface area is 155 Å². The lowest BCUT2D eigenvalue weighted by Crippen LogP contribution is -2.27. The van der Waals surface area contributed by atoms with E-state index in [4.69, 9.17) is 4.74 Å². The van der Waals surface area contributed by atoms with Gasteiger partial charge < -0.3 is 10.1 Å². The number of rotatable bonds is 5. The Morgan fingerprint density at radius 1 is 1.25 bits per heavy atom. The van der Waals surface area contributed by atoms with Crippen molar-refractivity contribution in [2.24, 2.45) is 0 Å². The van der Waals surface area contributed by atoms with Gasteiger partial charge in [-0.15, -0.1) is 11.3 Å². The molecule has 6 heteroatoms. The first-order valence-electron chi connectivity index (χ1n) is 7.80. The van der Waals surface area contributed by atoms with Crippen LogP contribution < -0.4 is 10.6 Å². The van der Waals surface area contributed by atoms with Crippen molar-refractivity contribution in [2.75, 3.05) is 5.32 Å². The molecule has 0 spiro atoms. The van der Waals surface area contributed by atoms with Gasteiger partial charge in [0.05, 0.1) is 0 Å². The standard InChI is InChI=1S/C18H23BrN2O2S/c1-12(16-15(19)9-10-24-16)20-11-13-5-7-14(8-6-13)21-17(22)23-18(2,3)4/h5-10,12,20H,11H2,1-4H3,(H,21,22). The number of hydrogen-bond donors (Lipinski definition) is 2. The molecule has 4 nitrogen and oxygen atoms in total. The van der Waals surface area contributed by atoms with Crippen LogP contribution in [0.15, 0.2) is 40.2 Å². The summed E-state index contributed by atoms with van der Waals surface area (Å²) in [5.41, 5.74) is 1.38. The number of halogens is 1. The number of carbonyl (C=O) groups is 1. The predicted octanol–water partition coefficient (Wildman–Crippen LogP) is 5.71. The Balaban J connectivity index is 1.86. The second-order valence-electron chi connectivity index (χ2n) is 6.56. The Morgan fingerprint density at radius 2 is 1.92 bits per heavy atom. The number of carbonyl (C=O) groups excluding carboxylic acids is 1. The van der Waals surface area contributed by atoms with Gasteiger partial charge in [-0.3, -0.25) is 5.32 Å². The van der Waals surface area contributed by atoms with E-state index in [1.807, 2.05) is 45.0 Å². The molecule has 1 aromatic heterocycles. The fourth-order valence-corrected chi connectivity index (χ4v) is 3.86. The first kappa shape index (κ1) is 19.0. The van der Waals surface area contributed by atoms with Crippen molar-refractivity contribution < 1.29 is 9.53 Å². The minimum Gasteiger partial charge on any atom is -0.444 e. The number of amides is 1. The highest BCUT2D eigenvalue weighted by Crippen LogP contribution is 2.28. The lowest BCUT2D eigenvalue weighted by atomic mass is 10.2. The van der Waals surface area contributed by atoms with Crippen molar-refractivity contribution in [3.63, 3.8) is 0 Å². The lowest BCUT2D eigenvalue weighted by Gasteiger charge is -2.19. The minimum absolute atomic E-state index is 0.277. The molecular weight excluding hydrogens is 388 g/mol. The molecule has 0 bridgehead atoms. The number of thiophene rings is 1. The Morgan fingerprint density at radius 3 is 2.46 bits per heavy atom. The Kier molecular flexibility index (Phi) is 6.43. The van der Waals surface area contributed by atoms with Gasteiger partial charge in [0.2, 0.25) is 0 Å². The molecule has 0 aliphatic rings. The second kappa shape index (κ2) is 8.14. The third-order valence-corrected chi connectivity index (χ3v) is 5.30. The van der Waals surface area contributed by atoms with Crippen molar-refractivity contribution in [2.45, 2.75) is 45.9 Å². The number of benzene rings is 1. The van der Waals surface area contributed by atoms with Crippen LogP contribution in [-0.2, 0) is 11.3 Å². The average molecular weight is 411 g/mol. The molecule has 0 radical (unpaired) electrons. The zero-order valence-corrected chi connectivity index (χ0v) is 16.8. The third-order valence-electron chi connectivity index (χ3n) is 3.25. The topological polar surface area (TPSA) is 50.4 Å². The lowest BCUT2D eigenvalue weighted by molar-refractivity contribution is 0.0636. The van der Waals surface area contributed by atoms with Gasteiger partial charge in [0, 0.05) is 27.6 Å². The summed E-state index contributed by atoms with van der Waals surface area (Å²) in [5.74, 6) is 0. The van der Waals surface area contributed by atoms with Gasteiger partial charge in [-0.05, 0) is 72.8 Å². The number of ether oxygens (including phenoxy) is 1. The molecule has 1 amide bonds. The maximum Gasteiger partial charge on any atom is 0.412 e. The summed E-state index contributed by atoms with van der Waals surface area (Å²) in [6.45, 7) is 8.44. The summed E-state index contributed by atoms with van der Waals surface area (Å²) in [6, 6.07) is 10.1. The van der Waals surface area contributed by atoms with Crippen LogP contribution in [0.2, 0.25) is 0 Å². The van der Waals surface area contributed by atoms with Gasteiger partial charge >= 0.3 is 6.09 Å². The van der Waals surface area contributed by atoms with Crippen LogP contribution in [0.5, 0.6) is 0 Å². The van der Waals surface area contributed by atoms with Crippen molar-refractivity contribution in [3.8, 4) is 0 Å². The zero-order valence-electron chi connectivity index (χ0n) is 14.4. The maximum absolute atomic E-state index is 11.7. The predicted molar refractivity (Wildman–Crippen MR) is 104 cm³/mol. The van der Waals surface area contributed by atoms with E-state index in [9.17, 15) is 4.79 Å². The van der Waals surface area contributed by atoms with Gasteiger partial charge in [-0.2, -0.15) is 0 Å². The summed E-state index contributed by atoms with van der Waals surface area (Å²) in [4.78, 5) is 13.0. The summed E-state index contributed by atoms with van der Waals surface area (Å²) in [6.07, 6.45) is -0.440. The van der Waals surface area contributed by atoms with Crippen LogP contribution in [0.1, 0.15) is 44.2 Å². The van der Waals surface area contributed by atoms with Crippen LogP contribution in [-0.4, -0.2) is 11.7 Å². The Hall–Kier alpha value is -1.37. The van der Waals surface area contributed by atoms with Gasteiger partial charge in [-0.25, -0.2) is 4.79 Å². The monoisotopic (exact) mass is 410 g/mol. The smallest absolute Gasteiger partial charge is 0.412 e. The van der Waals surface area contributed by atoms with Crippen LogP contribution in [0.3, 0.4) is 0 Å². The SMILES string of the molecule is CC(NCc1ccc(NC(=O)OC(C)(C)C)cc1)c1sccc1Br. The third kappa shape index (κ3) is 5.92. The Bertz CT molecular complexity index is 677. The second-order valence-corrected chi connectivity index (χ2v) is 8.36. The first-order chi connectivity index (χ1) is 11.2. The molecule has 1 unspecified atom stereocenters. The van der Waals surface area contributed by atoms with Gasteiger partial charge in [-0.1, -0.05) is 12.1 Å². The van der Waals surface area contributed by atoms with E-state index in [1.165, 1.54) is 4.88 Å². The fraction of sp³-hybridized carbons (Fsp3) is 0.389. The summed E-state index contributed by atoms with van der Waals surface area (Å²) < 4.78 is 6.38. The first-order valence-corrected chi connectivity index (χ1v) is 9.47. The molecule has 0 fully saturated rings. The molecule has 2 N–H and O–H groups in total. The van der Waals surface area contributed by atoms with Crippen molar-refractivity contribution in [3.05, 3.63) is 50.6 Å². The van der Waals surface area contributed by atoms with E-state index in [0.29, 0.717) is 0 Å². The number of hydrogen-bond acceptors (Lipinski definition) is 4. The minimum atomic E-state index is -0.500. The molecule has 130 valence electrons. The van der Waals surface area contributed by atoms with Crippen LogP contribution >= 0.6 is 27.3 Å². The molecular formula is C18H23BrN2O2S.